The molecule has 9 nitrogen and oxygen atoms in total. The number of benzene rings is 2. The van der Waals surface area contributed by atoms with Crippen LogP contribution in [0.2, 0.25) is 0 Å². The number of ether oxygens (including phenoxy) is 1. The quantitative estimate of drug-likeness (QED) is 0.479. The van der Waals surface area contributed by atoms with Crippen LogP contribution in [0.25, 0.3) is 0 Å². The van der Waals surface area contributed by atoms with E-state index in [0.717, 1.165) is 5.82 Å². The van der Waals surface area contributed by atoms with Crippen molar-refractivity contribution in [2.75, 3.05) is 26.2 Å². The highest BCUT2D eigenvalue weighted by atomic mass is 32.2. The Morgan fingerprint density at radius 2 is 1.56 bits per heavy atom. The Labute approximate surface area is 198 Å². The summed E-state index contributed by atoms with van der Waals surface area (Å²) < 4.78 is 34.8. The molecule has 3 aromatic rings. The maximum atomic E-state index is 12.9. The average Bonchev–Trinajstić information content (AvgIpc) is 3.27. The van der Waals surface area contributed by atoms with Gasteiger partial charge in [-0.05, 0) is 43.3 Å². The lowest BCUT2D eigenvalue weighted by molar-refractivity contribution is 0.0697. The zero-order valence-corrected chi connectivity index (χ0v) is 19.9. The summed E-state index contributed by atoms with van der Waals surface area (Å²) in [7, 11) is -1.80. The van der Waals surface area contributed by atoms with Crippen LogP contribution in [0.15, 0.2) is 65.8 Å². The van der Waals surface area contributed by atoms with E-state index in [9.17, 15) is 18.0 Å². The number of amides is 1. The van der Waals surface area contributed by atoms with Crippen LogP contribution in [0, 0.1) is 0 Å². The number of carbonyl (C=O) groups is 2. The van der Waals surface area contributed by atoms with Crippen LogP contribution in [0.3, 0.4) is 0 Å². The highest BCUT2D eigenvalue weighted by Crippen LogP contribution is 2.20. The molecule has 178 valence electrons. The van der Waals surface area contributed by atoms with Crippen LogP contribution in [0.4, 0.5) is 0 Å². The molecule has 0 aliphatic carbocycles. The second kappa shape index (κ2) is 9.78. The Hall–Kier alpha value is -3.50. The van der Waals surface area contributed by atoms with Crippen molar-refractivity contribution in [2.45, 2.75) is 18.4 Å². The summed E-state index contributed by atoms with van der Waals surface area (Å²) in [5, 5.41) is 0. The van der Waals surface area contributed by atoms with Crippen molar-refractivity contribution in [3.63, 3.8) is 0 Å². The summed E-state index contributed by atoms with van der Waals surface area (Å²) >= 11 is 0. The number of Topliss-reactive ketones (excluding diaryl/α,β-unsaturated/α-hetero) is 1. The first-order valence-electron chi connectivity index (χ1n) is 10.9. The van der Waals surface area contributed by atoms with Gasteiger partial charge in [-0.2, -0.15) is 4.31 Å². The standard InChI is InChI=1S/C24H26N4O5S/c1-18(29)19-5-9-22(10-6-19)34(31,32)28-15-13-27(14-16-28)24(30)20-3-7-21(8-4-20)33-17-23-25-11-12-26(23)2/h3-12H,13-17H2,1-2H3. The topological polar surface area (TPSA) is 102 Å². The number of aromatic nitrogens is 2. The molecule has 0 radical (unpaired) electrons. The van der Waals surface area contributed by atoms with Crippen molar-refractivity contribution in [1.29, 1.82) is 0 Å². The van der Waals surface area contributed by atoms with Gasteiger partial charge < -0.3 is 14.2 Å². The zero-order chi connectivity index (χ0) is 24.3. The van der Waals surface area contributed by atoms with Crippen LogP contribution in [-0.4, -0.2) is 65.0 Å². The predicted octanol–water partition coefficient (Wildman–Crippen LogP) is 2.35. The average molecular weight is 483 g/mol. The SMILES string of the molecule is CC(=O)c1ccc(S(=O)(=O)N2CCN(C(=O)c3ccc(OCc4nccn4C)cc3)CC2)cc1. The first kappa shape index (κ1) is 23.7. The number of hydrogen-bond donors (Lipinski definition) is 0. The molecule has 1 aliphatic rings. The fraction of sp³-hybridized carbons (Fsp3) is 0.292. The van der Waals surface area contributed by atoms with E-state index in [-0.39, 0.29) is 29.7 Å². The van der Waals surface area contributed by atoms with Gasteiger partial charge in [0.1, 0.15) is 18.2 Å². The maximum absolute atomic E-state index is 12.9. The van der Waals surface area contributed by atoms with Crippen LogP contribution in [-0.2, 0) is 23.7 Å². The first-order chi connectivity index (χ1) is 16.3. The summed E-state index contributed by atoms with van der Waals surface area (Å²) in [6.45, 7) is 2.75. The van der Waals surface area contributed by atoms with Gasteiger partial charge in [0.05, 0.1) is 4.90 Å². The van der Waals surface area contributed by atoms with E-state index in [1.54, 1.807) is 35.4 Å². The fourth-order valence-electron chi connectivity index (χ4n) is 3.70. The minimum atomic E-state index is -3.69. The number of rotatable bonds is 7. The van der Waals surface area contributed by atoms with E-state index in [1.807, 2.05) is 17.8 Å². The molecule has 0 bridgehead atoms. The fourth-order valence-corrected chi connectivity index (χ4v) is 5.12. The van der Waals surface area contributed by atoms with Crippen molar-refractivity contribution in [1.82, 2.24) is 18.8 Å². The van der Waals surface area contributed by atoms with Crippen molar-refractivity contribution >= 4 is 21.7 Å². The molecule has 1 saturated heterocycles. The molecule has 1 amide bonds. The van der Waals surface area contributed by atoms with Gasteiger partial charge in [-0.25, -0.2) is 13.4 Å². The highest BCUT2D eigenvalue weighted by molar-refractivity contribution is 7.89. The first-order valence-corrected chi connectivity index (χ1v) is 12.3. The number of aryl methyl sites for hydroxylation is 1. The lowest BCUT2D eigenvalue weighted by Gasteiger charge is -2.34. The predicted molar refractivity (Wildman–Crippen MR) is 125 cm³/mol. The number of sulfonamides is 1. The molecule has 10 heteroatoms. The summed E-state index contributed by atoms with van der Waals surface area (Å²) in [5.41, 5.74) is 0.975. The van der Waals surface area contributed by atoms with Crippen LogP contribution >= 0.6 is 0 Å². The maximum Gasteiger partial charge on any atom is 0.253 e. The van der Waals surface area contributed by atoms with Crippen molar-refractivity contribution < 1.29 is 22.7 Å². The van der Waals surface area contributed by atoms with Crippen molar-refractivity contribution in [3.8, 4) is 5.75 Å². The molecule has 1 aliphatic heterocycles. The Bertz CT molecular complexity index is 1280. The van der Waals surface area contributed by atoms with Gasteiger partial charge in [0.25, 0.3) is 5.91 Å². The highest BCUT2D eigenvalue weighted by Gasteiger charge is 2.30. The minimum absolute atomic E-state index is 0.121. The van der Waals surface area contributed by atoms with E-state index >= 15 is 0 Å². The molecule has 4 rings (SSSR count). The number of piperazine rings is 1. The summed E-state index contributed by atoms with van der Waals surface area (Å²) in [4.78, 5) is 30.3. The Morgan fingerprint density at radius 3 is 2.12 bits per heavy atom. The Kier molecular flexibility index (Phi) is 6.80. The van der Waals surface area contributed by atoms with Gasteiger partial charge in [0.2, 0.25) is 10.0 Å². The van der Waals surface area contributed by atoms with E-state index in [2.05, 4.69) is 4.98 Å². The second-order valence-electron chi connectivity index (χ2n) is 8.04. The van der Waals surface area contributed by atoms with Crippen LogP contribution in [0.1, 0.15) is 33.5 Å². The Morgan fingerprint density at radius 1 is 0.941 bits per heavy atom. The molecule has 0 saturated carbocycles. The Balaban J connectivity index is 1.34. The monoisotopic (exact) mass is 482 g/mol. The van der Waals surface area contributed by atoms with E-state index < -0.39 is 10.0 Å². The van der Waals surface area contributed by atoms with Gasteiger partial charge >= 0.3 is 0 Å². The van der Waals surface area contributed by atoms with Crippen molar-refractivity contribution in [3.05, 3.63) is 77.9 Å². The molecule has 1 aromatic heterocycles. The molecular formula is C24H26N4O5S. The largest absolute Gasteiger partial charge is 0.486 e. The summed E-state index contributed by atoms with van der Waals surface area (Å²) in [6, 6.07) is 12.8. The normalized spacial score (nSPS) is 14.7. The summed E-state index contributed by atoms with van der Waals surface area (Å²) in [5.74, 6) is 1.15. The number of carbonyl (C=O) groups excluding carboxylic acids is 2. The minimum Gasteiger partial charge on any atom is -0.486 e. The lowest BCUT2D eigenvalue weighted by atomic mass is 10.2. The molecule has 0 atom stereocenters. The van der Waals surface area contributed by atoms with Crippen LogP contribution < -0.4 is 4.74 Å². The van der Waals surface area contributed by atoms with Gasteiger partial charge in [0, 0.05) is 56.7 Å². The molecule has 34 heavy (non-hydrogen) atoms. The molecule has 2 heterocycles. The molecule has 0 unspecified atom stereocenters. The zero-order valence-electron chi connectivity index (χ0n) is 19.0. The number of hydrogen-bond acceptors (Lipinski definition) is 6. The molecule has 1 fully saturated rings. The third-order valence-electron chi connectivity index (χ3n) is 5.81. The van der Waals surface area contributed by atoms with Gasteiger partial charge in [-0.3, -0.25) is 9.59 Å². The van der Waals surface area contributed by atoms with E-state index in [0.29, 0.717) is 36.6 Å². The second-order valence-corrected chi connectivity index (χ2v) is 9.98. The van der Waals surface area contributed by atoms with Gasteiger partial charge in [-0.1, -0.05) is 12.1 Å². The molecular weight excluding hydrogens is 456 g/mol. The van der Waals surface area contributed by atoms with Gasteiger partial charge in [-0.15, -0.1) is 0 Å². The third kappa shape index (κ3) is 5.02. The van der Waals surface area contributed by atoms with E-state index in [4.69, 9.17) is 4.74 Å². The lowest BCUT2D eigenvalue weighted by Crippen LogP contribution is -2.50. The van der Waals surface area contributed by atoms with Crippen molar-refractivity contribution in [2.24, 2.45) is 7.05 Å². The smallest absolute Gasteiger partial charge is 0.253 e. The molecule has 0 spiro atoms. The number of imidazole rings is 1. The number of nitrogens with zero attached hydrogens (tertiary/aromatic N) is 4. The third-order valence-corrected chi connectivity index (χ3v) is 7.73. The summed E-state index contributed by atoms with van der Waals surface area (Å²) in [6.07, 6.45) is 3.55. The van der Waals surface area contributed by atoms with Crippen LogP contribution in [0.5, 0.6) is 5.75 Å². The molecule has 2 aromatic carbocycles. The number of ketones is 1. The van der Waals surface area contributed by atoms with E-state index in [1.165, 1.54) is 35.5 Å². The molecule has 0 N–H and O–H groups in total. The van der Waals surface area contributed by atoms with Gasteiger partial charge in [0.15, 0.2) is 5.78 Å².